The Labute approximate surface area is 73.1 Å². The lowest BCUT2D eigenvalue weighted by atomic mass is 10.4. The van der Waals surface area contributed by atoms with E-state index in [9.17, 15) is 4.79 Å². The Hall–Kier alpha value is -0.180. The summed E-state index contributed by atoms with van der Waals surface area (Å²) in [5.41, 5.74) is 0. The summed E-state index contributed by atoms with van der Waals surface area (Å²) in [5.74, 6) is 0.0567. The number of nitrogens with one attached hydrogen (secondary N) is 1. The molecule has 0 aromatic heterocycles. The van der Waals surface area contributed by atoms with E-state index < -0.39 is 0 Å². The normalized spacial score (nSPS) is 13.2. The van der Waals surface area contributed by atoms with Gasteiger partial charge in [-0.15, -0.1) is 0 Å². The van der Waals surface area contributed by atoms with Crippen molar-refractivity contribution in [2.45, 2.75) is 38.2 Å². The van der Waals surface area contributed by atoms with Gasteiger partial charge in [0.1, 0.15) is 0 Å². The topological polar surface area (TPSA) is 29.1 Å². The van der Waals surface area contributed by atoms with Gasteiger partial charge in [-0.3, -0.25) is 4.79 Å². The lowest BCUT2D eigenvalue weighted by Gasteiger charge is -2.13. The summed E-state index contributed by atoms with van der Waals surface area (Å²) in [7, 11) is 0. The molecule has 0 saturated carbocycles. The molecule has 0 fully saturated rings. The van der Waals surface area contributed by atoms with Crippen LogP contribution in [0.15, 0.2) is 0 Å². The molecule has 0 aliphatic rings. The lowest BCUT2D eigenvalue weighted by Crippen LogP contribution is -2.27. The molecule has 0 saturated heterocycles. The van der Waals surface area contributed by atoms with E-state index in [-0.39, 0.29) is 5.91 Å². The van der Waals surface area contributed by atoms with Gasteiger partial charge in [-0.25, -0.2) is 0 Å². The Bertz CT molecular complexity index is 125. The van der Waals surface area contributed by atoms with E-state index in [0.29, 0.717) is 10.5 Å². The minimum Gasteiger partial charge on any atom is -0.355 e. The van der Waals surface area contributed by atoms with Crippen molar-refractivity contribution in [2.75, 3.05) is 6.54 Å². The predicted molar refractivity (Wildman–Crippen MR) is 50.9 cm³/mol. The molecule has 0 aromatic carbocycles. The summed E-state index contributed by atoms with van der Waals surface area (Å²) in [6, 6.07) is 0. The Morgan fingerprint density at radius 3 is 2.36 bits per heavy atom. The fourth-order valence-electron chi connectivity index (χ4n) is 0.800. The van der Waals surface area contributed by atoms with Crippen LogP contribution in [0.4, 0.5) is 0 Å². The van der Waals surface area contributed by atoms with Gasteiger partial charge in [-0.1, -0.05) is 20.8 Å². The van der Waals surface area contributed by atoms with E-state index in [1.807, 2.05) is 11.8 Å². The van der Waals surface area contributed by atoms with Crippen molar-refractivity contribution in [3.8, 4) is 0 Å². The minimum absolute atomic E-state index is 0.0567. The van der Waals surface area contributed by atoms with Crippen LogP contribution in [0.25, 0.3) is 0 Å². The summed E-state index contributed by atoms with van der Waals surface area (Å²) in [6.45, 7) is 8.77. The van der Waals surface area contributed by atoms with Crippen molar-refractivity contribution in [1.82, 2.24) is 5.32 Å². The molecule has 2 nitrogen and oxygen atoms in total. The molecule has 0 spiro atoms. The first kappa shape index (κ1) is 10.8. The fraction of sp³-hybridized carbons (Fsp3) is 0.875. The SMILES string of the molecule is CC(=O)NCC(C)SC(C)C. The molecule has 0 bridgehead atoms. The highest BCUT2D eigenvalue weighted by molar-refractivity contribution is 8.00. The van der Waals surface area contributed by atoms with E-state index >= 15 is 0 Å². The molecule has 1 amide bonds. The first-order valence-corrected chi connectivity index (χ1v) is 4.86. The Morgan fingerprint density at radius 1 is 1.45 bits per heavy atom. The number of hydrogen-bond acceptors (Lipinski definition) is 2. The number of carbonyl (C=O) groups excluding carboxylic acids is 1. The van der Waals surface area contributed by atoms with E-state index in [2.05, 4.69) is 26.1 Å². The van der Waals surface area contributed by atoms with E-state index in [0.717, 1.165) is 6.54 Å². The molecule has 0 heterocycles. The third-order valence-corrected chi connectivity index (χ3v) is 2.32. The van der Waals surface area contributed by atoms with Crippen LogP contribution in [0, 0.1) is 0 Å². The third-order valence-electron chi connectivity index (χ3n) is 1.14. The van der Waals surface area contributed by atoms with Gasteiger partial charge in [0, 0.05) is 18.7 Å². The summed E-state index contributed by atoms with van der Waals surface area (Å²) in [4.78, 5) is 10.5. The van der Waals surface area contributed by atoms with Gasteiger partial charge >= 0.3 is 0 Å². The monoisotopic (exact) mass is 175 g/mol. The molecule has 11 heavy (non-hydrogen) atoms. The summed E-state index contributed by atoms with van der Waals surface area (Å²) >= 11 is 1.88. The highest BCUT2D eigenvalue weighted by atomic mass is 32.2. The zero-order valence-corrected chi connectivity index (χ0v) is 8.49. The van der Waals surface area contributed by atoms with Crippen LogP contribution >= 0.6 is 11.8 Å². The van der Waals surface area contributed by atoms with Crippen LogP contribution in [0.2, 0.25) is 0 Å². The second-order valence-corrected chi connectivity index (χ2v) is 4.95. The molecule has 0 aliphatic carbocycles. The van der Waals surface area contributed by atoms with Gasteiger partial charge < -0.3 is 5.32 Å². The Morgan fingerprint density at radius 2 is 2.00 bits per heavy atom. The maximum absolute atomic E-state index is 10.5. The maximum atomic E-state index is 10.5. The molecule has 0 aromatic rings. The van der Waals surface area contributed by atoms with Crippen molar-refractivity contribution in [2.24, 2.45) is 0 Å². The third kappa shape index (κ3) is 7.72. The van der Waals surface area contributed by atoms with Crippen molar-refractivity contribution in [3.63, 3.8) is 0 Å². The Balaban J connectivity index is 3.37. The van der Waals surface area contributed by atoms with E-state index in [4.69, 9.17) is 0 Å². The zero-order chi connectivity index (χ0) is 8.85. The molecule has 0 radical (unpaired) electrons. The van der Waals surface area contributed by atoms with Crippen LogP contribution in [0.3, 0.4) is 0 Å². The lowest BCUT2D eigenvalue weighted by molar-refractivity contribution is -0.118. The van der Waals surface area contributed by atoms with Gasteiger partial charge in [0.2, 0.25) is 5.91 Å². The largest absolute Gasteiger partial charge is 0.355 e. The summed E-state index contributed by atoms with van der Waals surface area (Å²) in [6.07, 6.45) is 0. The molecule has 1 unspecified atom stereocenters. The quantitative estimate of drug-likeness (QED) is 0.704. The first-order chi connectivity index (χ1) is 5.02. The number of hydrogen-bond donors (Lipinski definition) is 1. The molecule has 3 heteroatoms. The first-order valence-electron chi connectivity index (χ1n) is 3.92. The van der Waals surface area contributed by atoms with Gasteiger partial charge in [0.05, 0.1) is 0 Å². The average molecular weight is 175 g/mol. The van der Waals surface area contributed by atoms with Crippen molar-refractivity contribution >= 4 is 17.7 Å². The summed E-state index contributed by atoms with van der Waals surface area (Å²) in [5, 5.41) is 3.94. The molecule has 0 rings (SSSR count). The van der Waals surface area contributed by atoms with E-state index in [1.165, 1.54) is 0 Å². The van der Waals surface area contributed by atoms with Crippen LogP contribution < -0.4 is 5.32 Å². The number of carbonyl (C=O) groups is 1. The smallest absolute Gasteiger partial charge is 0.216 e. The molecular formula is C8H17NOS. The van der Waals surface area contributed by atoms with Gasteiger partial charge in [-0.2, -0.15) is 11.8 Å². The minimum atomic E-state index is 0.0567. The maximum Gasteiger partial charge on any atom is 0.216 e. The van der Waals surface area contributed by atoms with Crippen LogP contribution in [-0.4, -0.2) is 23.0 Å². The van der Waals surface area contributed by atoms with E-state index in [1.54, 1.807) is 6.92 Å². The van der Waals surface area contributed by atoms with Crippen LogP contribution in [-0.2, 0) is 4.79 Å². The number of thioether (sulfide) groups is 1. The van der Waals surface area contributed by atoms with Gasteiger partial charge in [-0.05, 0) is 5.25 Å². The zero-order valence-electron chi connectivity index (χ0n) is 7.68. The van der Waals surface area contributed by atoms with Crippen molar-refractivity contribution < 1.29 is 4.79 Å². The van der Waals surface area contributed by atoms with Crippen LogP contribution in [0.1, 0.15) is 27.7 Å². The predicted octanol–water partition coefficient (Wildman–Crippen LogP) is 1.65. The summed E-state index contributed by atoms with van der Waals surface area (Å²) < 4.78 is 0. The highest BCUT2D eigenvalue weighted by Gasteiger charge is 2.04. The average Bonchev–Trinajstić information content (AvgIpc) is 1.82. The number of rotatable bonds is 4. The molecule has 1 N–H and O–H groups in total. The Kier molecular flexibility index (Phi) is 5.38. The second kappa shape index (κ2) is 5.47. The highest BCUT2D eigenvalue weighted by Crippen LogP contribution is 2.15. The molecular weight excluding hydrogens is 158 g/mol. The van der Waals surface area contributed by atoms with Crippen molar-refractivity contribution in [1.29, 1.82) is 0 Å². The van der Waals surface area contributed by atoms with Crippen LogP contribution in [0.5, 0.6) is 0 Å². The fourth-order valence-corrected chi connectivity index (χ4v) is 1.91. The second-order valence-electron chi connectivity index (χ2n) is 2.93. The molecule has 0 aliphatic heterocycles. The molecule has 1 atom stereocenters. The molecule has 66 valence electrons. The van der Waals surface area contributed by atoms with Gasteiger partial charge in [0.15, 0.2) is 0 Å². The van der Waals surface area contributed by atoms with Gasteiger partial charge in [0.25, 0.3) is 0 Å². The number of amides is 1. The standard InChI is InChI=1S/C8H17NOS/c1-6(2)11-7(3)5-9-8(4)10/h6-7H,5H2,1-4H3,(H,9,10). The van der Waals surface area contributed by atoms with Crippen molar-refractivity contribution in [3.05, 3.63) is 0 Å².